The van der Waals surface area contributed by atoms with Gasteiger partial charge in [-0.3, -0.25) is 9.59 Å². The summed E-state index contributed by atoms with van der Waals surface area (Å²) in [6.07, 6.45) is 0.0641. The van der Waals surface area contributed by atoms with Crippen molar-refractivity contribution < 1.29 is 23.6 Å². The summed E-state index contributed by atoms with van der Waals surface area (Å²) in [6.45, 7) is 2.59. The quantitative estimate of drug-likeness (QED) is 0.849. The predicted octanol–water partition coefficient (Wildman–Crippen LogP) is 1.05. The molecule has 1 aliphatic rings. The Kier molecular flexibility index (Phi) is 4.64. The average molecular weight is 331 g/mol. The number of fused-ring (bicyclic) bond motifs is 1. The molecule has 0 radical (unpaired) electrons. The van der Waals surface area contributed by atoms with Crippen LogP contribution < -0.4 is 20.1 Å². The second kappa shape index (κ2) is 7.03. The van der Waals surface area contributed by atoms with Gasteiger partial charge >= 0.3 is 0 Å². The van der Waals surface area contributed by atoms with Crippen LogP contribution in [0.15, 0.2) is 28.8 Å². The second-order valence-corrected chi connectivity index (χ2v) is 5.29. The number of aromatic nitrogens is 1. The molecule has 3 rings (SSSR count). The molecular weight excluding hydrogens is 314 g/mol. The fourth-order valence-corrected chi connectivity index (χ4v) is 2.23. The molecule has 0 spiro atoms. The molecule has 0 bridgehead atoms. The van der Waals surface area contributed by atoms with Crippen molar-refractivity contribution in [2.45, 2.75) is 13.3 Å². The number of benzene rings is 1. The maximum atomic E-state index is 11.9. The Labute approximate surface area is 138 Å². The van der Waals surface area contributed by atoms with Crippen molar-refractivity contribution in [2.24, 2.45) is 0 Å². The van der Waals surface area contributed by atoms with E-state index in [0.29, 0.717) is 41.9 Å². The number of carbonyl (C=O) groups is 2. The number of nitrogens with zero attached hydrogens (tertiary/aromatic N) is 1. The lowest BCUT2D eigenvalue weighted by atomic mass is 10.2. The molecule has 2 heterocycles. The minimum atomic E-state index is -0.337. The first kappa shape index (κ1) is 15.9. The summed E-state index contributed by atoms with van der Waals surface area (Å²) in [5.41, 5.74) is 1.10. The summed E-state index contributed by atoms with van der Waals surface area (Å²) in [4.78, 5) is 23.7. The molecule has 0 fully saturated rings. The lowest BCUT2D eigenvalue weighted by Gasteiger charge is -2.19. The summed E-state index contributed by atoms with van der Waals surface area (Å²) in [7, 11) is 0. The van der Waals surface area contributed by atoms with E-state index >= 15 is 0 Å². The SMILES string of the molecule is Cc1cc(CC(=O)NCC(=O)Nc2ccc3c(c2)OCCO3)no1. The van der Waals surface area contributed by atoms with Crippen LogP contribution >= 0.6 is 0 Å². The summed E-state index contributed by atoms with van der Waals surface area (Å²) < 4.78 is 15.7. The van der Waals surface area contributed by atoms with Gasteiger partial charge in [0.1, 0.15) is 19.0 Å². The van der Waals surface area contributed by atoms with Gasteiger partial charge in [0.25, 0.3) is 0 Å². The molecule has 126 valence electrons. The molecule has 1 aliphatic heterocycles. The van der Waals surface area contributed by atoms with Gasteiger partial charge in [-0.1, -0.05) is 5.16 Å². The van der Waals surface area contributed by atoms with Gasteiger partial charge in [0.05, 0.1) is 18.7 Å². The number of carbonyl (C=O) groups excluding carboxylic acids is 2. The van der Waals surface area contributed by atoms with Crippen molar-refractivity contribution in [1.82, 2.24) is 10.5 Å². The van der Waals surface area contributed by atoms with E-state index in [2.05, 4.69) is 15.8 Å². The first-order chi connectivity index (χ1) is 11.6. The van der Waals surface area contributed by atoms with Gasteiger partial charge in [0.2, 0.25) is 11.8 Å². The molecule has 2 aromatic rings. The van der Waals surface area contributed by atoms with Gasteiger partial charge in [-0.2, -0.15) is 0 Å². The van der Waals surface area contributed by atoms with Crippen LogP contribution in [0, 0.1) is 6.92 Å². The number of rotatable bonds is 5. The second-order valence-electron chi connectivity index (χ2n) is 5.29. The summed E-state index contributed by atoms with van der Waals surface area (Å²) in [5, 5.41) is 8.96. The Bertz CT molecular complexity index is 756. The van der Waals surface area contributed by atoms with Gasteiger partial charge in [0, 0.05) is 17.8 Å². The zero-order chi connectivity index (χ0) is 16.9. The molecule has 1 aromatic heterocycles. The lowest BCUT2D eigenvalue weighted by molar-refractivity contribution is -0.123. The first-order valence-electron chi connectivity index (χ1n) is 7.48. The van der Waals surface area contributed by atoms with E-state index in [1.54, 1.807) is 31.2 Å². The van der Waals surface area contributed by atoms with Crippen LogP contribution in [-0.2, 0) is 16.0 Å². The molecule has 8 heteroatoms. The summed E-state index contributed by atoms with van der Waals surface area (Å²) in [6, 6.07) is 6.81. The number of amides is 2. The molecule has 2 amide bonds. The van der Waals surface area contributed by atoms with Gasteiger partial charge < -0.3 is 24.6 Å². The maximum absolute atomic E-state index is 11.9. The molecule has 0 aliphatic carbocycles. The van der Waals surface area contributed by atoms with Crippen LogP contribution in [0.2, 0.25) is 0 Å². The van der Waals surface area contributed by atoms with E-state index in [-0.39, 0.29) is 24.8 Å². The Balaban J connectivity index is 1.48. The Morgan fingerprint density at radius 1 is 1.12 bits per heavy atom. The summed E-state index contributed by atoms with van der Waals surface area (Å²) >= 11 is 0. The number of aryl methyl sites for hydroxylation is 1. The molecule has 0 saturated heterocycles. The third-order valence-corrected chi connectivity index (χ3v) is 3.29. The molecule has 2 N–H and O–H groups in total. The number of ether oxygens (including phenoxy) is 2. The number of hydrogen-bond acceptors (Lipinski definition) is 6. The van der Waals surface area contributed by atoms with E-state index in [1.807, 2.05) is 0 Å². The van der Waals surface area contributed by atoms with Crippen molar-refractivity contribution in [3.63, 3.8) is 0 Å². The van der Waals surface area contributed by atoms with Crippen LogP contribution in [0.5, 0.6) is 11.5 Å². The van der Waals surface area contributed by atoms with Crippen molar-refractivity contribution in [3.8, 4) is 11.5 Å². The van der Waals surface area contributed by atoms with Crippen molar-refractivity contribution in [3.05, 3.63) is 35.7 Å². The van der Waals surface area contributed by atoms with Crippen molar-refractivity contribution in [1.29, 1.82) is 0 Å². The fourth-order valence-electron chi connectivity index (χ4n) is 2.23. The Morgan fingerprint density at radius 2 is 1.92 bits per heavy atom. The molecular formula is C16H17N3O5. The van der Waals surface area contributed by atoms with E-state index in [1.165, 1.54) is 0 Å². The smallest absolute Gasteiger partial charge is 0.243 e. The monoisotopic (exact) mass is 331 g/mol. The molecule has 0 unspecified atom stereocenters. The van der Waals surface area contributed by atoms with Gasteiger partial charge in [-0.15, -0.1) is 0 Å². The average Bonchev–Trinajstić information content (AvgIpc) is 2.98. The third kappa shape index (κ3) is 4.03. The van der Waals surface area contributed by atoms with Crippen LogP contribution in [0.25, 0.3) is 0 Å². The molecule has 0 atom stereocenters. The van der Waals surface area contributed by atoms with Gasteiger partial charge in [0.15, 0.2) is 11.5 Å². The standard InChI is InChI=1S/C16H17N3O5/c1-10-6-12(19-24-10)8-15(20)17-9-16(21)18-11-2-3-13-14(7-11)23-5-4-22-13/h2-3,6-7H,4-5,8-9H2,1H3,(H,17,20)(H,18,21). The Hall–Kier alpha value is -3.03. The van der Waals surface area contributed by atoms with E-state index in [4.69, 9.17) is 14.0 Å². The van der Waals surface area contributed by atoms with Crippen LogP contribution in [-0.4, -0.2) is 36.7 Å². The molecule has 0 saturated carbocycles. The third-order valence-electron chi connectivity index (χ3n) is 3.29. The summed E-state index contributed by atoms with van der Waals surface area (Å²) in [5.74, 6) is 1.23. The molecule has 24 heavy (non-hydrogen) atoms. The highest BCUT2D eigenvalue weighted by Crippen LogP contribution is 2.32. The van der Waals surface area contributed by atoms with E-state index < -0.39 is 0 Å². The van der Waals surface area contributed by atoms with Crippen molar-refractivity contribution >= 4 is 17.5 Å². The predicted molar refractivity (Wildman–Crippen MR) is 84.0 cm³/mol. The zero-order valence-corrected chi connectivity index (χ0v) is 13.1. The highest BCUT2D eigenvalue weighted by molar-refractivity contribution is 5.95. The number of nitrogens with one attached hydrogen (secondary N) is 2. The number of anilines is 1. The van der Waals surface area contributed by atoms with Gasteiger partial charge in [-0.25, -0.2) is 0 Å². The van der Waals surface area contributed by atoms with Crippen molar-refractivity contribution in [2.75, 3.05) is 25.1 Å². The first-order valence-corrected chi connectivity index (χ1v) is 7.48. The van der Waals surface area contributed by atoms with Crippen LogP contribution in [0.4, 0.5) is 5.69 Å². The van der Waals surface area contributed by atoms with E-state index in [0.717, 1.165) is 0 Å². The largest absolute Gasteiger partial charge is 0.486 e. The van der Waals surface area contributed by atoms with Gasteiger partial charge in [-0.05, 0) is 19.1 Å². The highest BCUT2D eigenvalue weighted by Gasteiger charge is 2.13. The minimum Gasteiger partial charge on any atom is -0.486 e. The molecule has 1 aromatic carbocycles. The maximum Gasteiger partial charge on any atom is 0.243 e. The Morgan fingerprint density at radius 3 is 2.67 bits per heavy atom. The van der Waals surface area contributed by atoms with Crippen LogP contribution in [0.1, 0.15) is 11.5 Å². The van der Waals surface area contributed by atoms with E-state index in [9.17, 15) is 9.59 Å². The minimum absolute atomic E-state index is 0.0641. The zero-order valence-electron chi connectivity index (χ0n) is 13.1. The lowest BCUT2D eigenvalue weighted by Crippen LogP contribution is -2.33. The normalized spacial score (nSPS) is 12.5. The fraction of sp³-hybridized carbons (Fsp3) is 0.312. The highest BCUT2D eigenvalue weighted by atomic mass is 16.6. The number of hydrogen-bond donors (Lipinski definition) is 2. The van der Waals surface area contributed by atoms with Crippen LogP contribution in [0.3, 0.4) is 0 Å². The topological polar surface area (TPSA) is 103 Å². The molecule has 8 nitrogen and oxygen atoms in total.